The van der Waals surface area contributed by atoms with Crippen LogP contribution in [0.2, 0.25) is 0 Å². The Hall–Kier alpha value is -1.85. The summed E-state index contributed by atoms with van der Waals surface area (Å²) in [5, 5.41) is 10.5. The van der Waals surface area contributed by atoms with E-state index in [9.17, 15) is 5.26 Å². The van der Waals surface area contributed by atoms with E-state index in [1.54, 1.807) is 0 Å². The molecule has 2 aromatic carbocycles. The third-order valence-corrected chi connectivity index (χ3v) is 3.47. The smallest absolute Gasteiger partial charge is 0.125 e. The first-order chi connectivity index (χ1) is 9.33. The fraction of sp³-hybridized carbons (Fsp3) is 0.118. The fourth-order valence-electron chi connectivity index (χ4n) is 2.15. The van der Waals surface area contributed by atoms with Crippen LogP contribution in [-0.4, -0.2) is 5.33 Å². The molecule has 2 heteroatoms. The maximum atomic E-state index is 9.79. The van der Waals surface area contributed by atoms with Crippen LogP contribution in [0.1, 0.15) is 11.1 Å². The Balaban J connectivity index is 2.63. The van der Waals surface area contributed by atoms with Crippen molar-refractivity contribution in [3.8, 4) is 6.07 Å². The van der Waals surface area contributed by atoms with Gasteiger partial charge in [0.15, 0.2) is 0 Å². The van der Waals surface area contributed by atoms with Crippen molar-refractivity contribution in [3.05, 3.63) is 83.9 Å². The predicted octanol–water partition coefficient (Wildman–Crippen LogP) is 4.45. The molecule has 0 spiro atoms. The monoisotopic (exact) mass is 311 g/mol. The minimum atomic E-state index is -0.726. The van der Waals surface area contributed by atoms with Crippen LogP contribution >= 0.6 is 15.9 Å². The molecule has 0 bridgehead atoms. The van der Waals surface area contributed by atoms with E-state index in [1.807, 2.05) is 72.8 Å². The highest BCUT2D eigenvalue weighted by molar-refractivity contribution is 9.09. The SMILES string of the molecule is N#CC(/C=C/CBr)(c1ccccc1)c1ccccc1. The summed E-state index contributed by atoms with van der Waals surface area (Å²) in [4.78, 5) is 0. The average molecular weight is 312 g/mol. The zero-order valence-corrected chi connectivity index (χ0v) is 12.0. The molecule has 0 unspecified atom stereocenters. The van der Waals surface area contributed by atoms with Crippen molar-refractivity contribution in [1.82, 2.24) is 0 Å². The van der Waals surface area contributed by atoms with E-state index in [0.29, 0.717) is 0 Å². The molecule has 0 aromatic heterocycles. The highest BCUT2D eigenvalue weighted by atomic mass is 79.9. The molecular weight excluding hydrogens is 298 g/mol. The van der Waals surface area contributed by atoms with Gasteiger partial charge in [0.25, 0.3) is 0 Å². The molecule has 0 radical (unpaired) electrons. The summed E-state index contributed by atoms with van der Waals surface area (Å²) in [7, 11) is 0. The van der Waals surface area contributed by atoms with Gasteiger partial charge >= 0.3 is 0 Å². The van der Waals surface area contributed by atoms with E-state index in [1.165, 1.54) is 0 Å². The number of halogens is 1. The lowest BCUT2D eigenvalue weighted by Crippen LogP contribution is -2.23. The second-order valence-electron chi connectivity index (χ2n) is 4.21. The van der Waals surface area contributed by atoms with Crippen LogP contribution in [0.25, 0.3) is 0 Å². The lowest BCUT2D eigenvalue weighted by Gasteiger charge is -2.24. The normalized spacial score (nSPS) is 11.4. The predicted molar refractivity (Wildman–Crippen MR) is 82.2 cm³/mol. The summed E-state index contributed by atoms with van der Waals surface area (Å²) >= 11 is 3.38. The number of rotatable bonds is 4. The van der Waals surface area contributed by atoms with Gasteiger partial charge in [-0.1, -0.05) is 88.7 Å². The summed E-state index contributed by atoms with van der Waals surface area (Å²) < 4.78 is 0. The average Bonchev–Trinajstić information content (AvgIpc) is 2.51. The summed E-state index contributed by atoms with van der Waals surface area (Å²) in [5.41, 5.74) is 1.25. The van der Waals surface area contributed by atoms with Gasteiger partial charge in [-0.2, -0.15) is 5.26 Å². The van der Waals surface area contributed by atoms with Gasteiger partial charge in [0.05, 0.1) is 6.07 Å². The molecule has 2 rings (SSSR count). The van der Waals surface area contributed by atoms with Gasteiger partial charge in [-0.25, -0.2) is 0 Å². The molecule has 0 aliphatic heterocycles. The molecule has 0 N–H and O–H groups in total. The highest BCUT2D eigenvalue weighted by Crippen LogP contribution is 2.33. The van der Waals surface area contributed by atoms with Crippen molar-refractivity contribution in [1.29, 1.82) is 5.26 Å². The molecule has 2 aromatic rings. The number of hydrogen-bond donors (Lipinski definition) is 0. The van der Waals surface area contributed by atoms with Gasteiger partial charge in [0.2, 0.25) is 0 Å². The molecule has 94 valence electrons. The van der Waals surface area contributed by atoms with Crippen LogP contribution in [0.15, 0.2) is 72.8 Å². The van der Waals surface area contributed by atoms with Crippen LogP contribution in [0.4, 0.5) is 0 Å². The number of allylic oxidation sites excluding steroid dienone is 2. The number of nitriles is 1. The fourth-order valence-corrected chi connectivity index (χ4v) is 2.34. The van der Waals surface area contributed by atoms with Gasteiger partial charge < -0.3 is 0 Å². The van der Waals surface area contributed by atoms with Crippen LogP contribution in [0, 0.1) is 11.3 Å². The third-order valence-electron chi connectivity index (χ3n) is 3.09. The lowest BCUT2D eigenvalue weighted by atomic mass is 9.75. The van der Waals surface area contributed by atoms with Gasteiger partial charge in [0.1, 0.15) is 5.41 Å². The van der Waals surface area contributed by atoms with Crippen LogP contribution < -0.4 is 0 Å². The van der Waals surface area contributed by atoms with Gasteiger partial charge in [-0.15, -0.1) is 0 Å². The third kappa shape index (κ3) is 2.77. The van der Waals surface area contributed by atoms with Crippen molar-refractivity contribution in [2.45, 2.75) is 5.41 Å². The molecule has 0 saturated heterocycles. The Morgan fingerprint density at radius 2 is 1.42 bits per heavy atom. The first-order valence-electron chi connectivity index (χ1n) is 6.09. The van der Waals surface area contributed by atoms with Crippen LogP contribution in [0.3, 0.4) is 0 Å². The number of nitrogens with zero attached hydrogens (tertiary/aromatic N) is 1. The molecule has 19 heavy (non-hydrogen) atoms. The molecule has 1 nitrogen and oxygen atoms in total. The van der Waals surface area contributed by atoms with E-state index in [-0.39, 0.29) is 0 Å². The van der Waals surface area contributed by atoms with E-state index in [0.717, 1.165) is 16.5 Å². The topological polar surface area (TPSA) is 23.8 Å². The summed E-state index contributed by atoms with van der Waals surface area (Å²) in [5.74, 6) is 0. The van der Waals surface area contributed by atoms with Crippen molar-refractivity contribution in [2.24, 2.45) is 0 Å². The standard InChI is InChI=1S/C17H14BrN/c18-13-7-12-17(14-19,15-8-3-1-4-9-15)16-10-5-2-6-11-16/h1-12H,13H2/b12-7+. The first kappa shape index (κ1) is 13.6. The molecule has 0 saturated carbocycles. The quantitative estimate of drug-likeness (QED) is 0.604. The summed E-state index contributed by atoms with van der Waals surface area (Å²) in [6.07, 6.45) is 3.94. The number of hydrogen-bond acceptors (Lipinski definition) is 1. The Morgan fingerprint density at radius 3 is 1.79 bits per heavy atom. The summed E-state index contributed by atoms with van der Waals surface area (Å²) in [6, 6.07) is 22.2. The highest BCUT2D eigenvalue weighted by Gasteiger charge is 2.31. The van der Waals surface area contributed by atoms with Crippen LogP contribution in [0.5, 0.6) is 0 Å². The van der Waals surface area contributed by atoms with E-state index >= 15 is 0 Å². The van der Waals surface area contributed by atoms with E-state index in [2.05, 4.69) is 22.0 Å². The molecule has 0 fully saturated rings. The van der Waals surface area contributed by atoms with Crippen molar-refractivity contribution in [3.63, 3.8) is 0 Å². The lowest BCUT2D eigenvalue weighted by molar-refractivity contribution is 0.831. The molecule has 0 amide bonds. The van der Waals surface area contributed by atoms with Gasteiger partial charge in [0, 0.05) is 5.33 Å². The summed E-state index contributed by atoms with van der Waals surface area (Å²) in [6.45, 7) is 0. The Kier molecular flexibility index (Phi) is 4.54. The largest absolute Gasteiger partial charge is 0.197 e. The molecule has 0 atom stereocenters. The van der Waals surface area contributed by atoms with Gasteiger partial charge in [-0.05, 0) is 11.1 Å². The number of alkyl halides is 1. The zero-order valence-electron chi connectivity index (χ0n) is 10.5. The first-order valence-corrected chi connectivity index (χ1v) is 7.21. The van der Waals surface area contributed by atoms with Crippen molar-refractivity contribution in [2.75, 3.05) is 5.33 Å². The number of benzene rings is 2. The van der Waals surface area contributed by atoms with E-state index < -0.39 is 5.41 Å². The maximum Gasteiger partial charge on any atom is 0.125 e. The Morgan fingerprint density at radius 1 is 0.947 bits per heavy atom. The van der Waals surface area contributed by atoms with Crippen molar-refractivity contribution >= 4 is 15.9 Å². The minimum Gasteiger partial charge on any atom is -0.197 e. The molecule has 0 heterocycles. The second kappa shape index (κ2) is 6.36. The van der Waals surface area contributed by atoms with Crippen molar-refractivity contribution < 1.29 is 0 Å². The Bertz CT molecular complexity index is 542. The maximum absolute atomic E-state index is 9.79. The van der Waals surface area contributed by atoms with E-state index in [4.69, 9.17) is 0 Å². The van der Waals surface area contributed by atoms with Crippen LogP contribution in [-0.2, 0) is 5.41 Å². The minimum absolute atomic E-state index is 0.726. The molecule has 0 aliphatic rings. The second-order valence-corrected chi connectivity index (χ2v) is 4.86. The molecule has 0 aliphatic carbocycles. The molecular formula is C17H14BrN. The zero-order chi connectivity index (χ0) is 13.6. The Labute approximate surface area is 122 Å². The van der Waals surface area contributed by atoms with Gasteiger partial charge in [-0.3, -0.25) is 0 Å².